The van der Waals surface area contributed by atoms with Crippen molar-refractivity contribution >= 4 is 23.3 Å². The van der Waals surface area contributed by atoms with Crippen LogP contribution in [-0.4, -0.2) is 27.9 Å². The molecule has 1 unspecified atom stereocenters. The Morgan fingerprint density at radius 3 is 2.52 bits per heavy atom. The molecule has 0 aliphatic heterocycles. The zero-order chi connectivity index (χ0) is 16.2. The summed E-state index contributed by atoms with van der Waals surface area (Å²) in [6.07, 6.45) is 0.262. The quantitative estimate of drug-likeness (QED) is 0.412. The van der Waals surface area contributed by atoms with Crippen molar-refractivity contribution < 1.29 is 19.6 Å². The van der Waals surface area contributed by atoms with Crippen LogP contribution in [0.25, 0.3) is 0 Å². The molecular formula is C13H17N3O5. The number of nitrogen functional groups attached to an aromatic ring is 1. The summed E-state index contributed by atoms with van der Waals surface area (Å²) in [7, 11) is 0. The number of nitrogens with zero attached hydrogens (tertiary/aromatic N) is 1. The van der Waals surface area contributed by atoms with Crippen molar-refractivity contribution in [1.29, 1.82) is 0 Å². The monoisotopic (exact) mass is 295 g/mol. The number of hydrogen-bond acceptors (Lipinski definition) is 5. The van der Waals surface area contributed by atoms with Gasteiger partial charge in [0.05, 0.1) is 4.92 Å². The predicted octanol–water partition coefficient (Wildman–Crippen LogP) is 1.41. The minimum atomic E-state index is -1.15. The minimum Gasteiger partial charge on any atom is -0.480 e. The van der Waals surface area contributed by atoms with Crippen molar-refractivity contribution in [3.05, 3.63) is 33.9 Å². The molecule has 0 aliphatic rings. The van der Waals surface area contributed by atoms with Gasteiger partial charge in [-0.25, -0.2) is 4.79 Å². The lowest BCUT2D eigenvalue weighted by atomic mass is 10.0. The lowest BCUT2D eigenvalue weighted by molar-refractivity contribution is -0.383. The Labute approximate surface area is 121 Å². The van der Waals surface area contributed by atoms with E-state index < -0.39 is 28.5 Å². The summed E-state index contributed by atoms with van der Waals surface area (Å²) in [5.41, 5.74) is 4.98. The Hall–Kier alpha value is -2.64. The van der Waals surface area contributed by atoms with Crippen LogP contribution in [0.3, 0.4) is 0 Å². The van der Waals surface area contributed by atoms with Crippen molar-refractivity contribution in [3.8, 4) is 0 Å². The number of amides is 1. The van der Waals surface area contributed by atoms with E-state index in [-0.39, 0.29) is 23.6 Å². The molecule has 4 N–H and O–H groups in total. The molecule has 0 fully saturated rings. The maximum Gasteiger partial charge on any atom is 0.326 e. The van der Waals surface area contributed by atoms with Gasteiger partial charge in [-0.1, -0.05) is 13.8 Å². The number of benzene rings is 1. The molecule has 8 heteroatoms. The maximum atomic E-state index is 12.0. The van der Waals surface area contributed by atoms with Crippen molar-refractivity contribution in [3.63, 3.8) is 0 Å². The fourth-order valence-electron chi connectivity index (χ4n) is 1.78. The van der Waals surface area contributed by atoms with Gasteiger partial charge in [0.2, 0.25) is 0 Å². The normalized spacial score (nSPS) is 12.0. The second-order valence-electron chi connectivity index (χ2n) is 5.02. The first-order valence-electron chi connectivity index (χ1n) is 6.30. The highest BCUT2D eigenvalue weighted by atomic mass is 16.6. The number of nitrogens with two attached hydrogens (primary N) is 1. The molecular weight excluding hydrogens is 278 g/mol. The molecule has 1 atom stereocenters. The number of rotatable bonds is 6. The van der Waals surface area contributed by atoms with Gasteiger partial charge >= 0.3 is 5.97 Å². The molecule has 21 heavy (non-hydrogen) atoms. The molecule has 0 saturated carbocycles. The summed E-state index contributed by atoms with van der Waals surface area (Å²) >= 11 is 0. The largest absolute Gasteiger partial charge is 0.480 e. The molecule has 8 nitrogen and oxygen atoms in total. The minimum absolute atomic E-state index is 0.00842. The number of anilines is 1. The standard InChI is InChI=1S/C13H17N3O5/c1-7(2)5-10(13(18)19)15-12(17)8-3-4-9(14)11(6-8)16(20)21/h3-4,6-7,10H,5,14H2,1-2H3,(H,15,17)(H,18,19). The van der Waals surface area contributed by atoms with Crippen LogP contribution in [-0.2, 0) is 4.79 Å². The number of nitro benzene ring substituents is 1. The highest BCUT2D eigenvalue weighted by molar-refractivity contribution is 5.97. The topological polar surface area (TPSA) is 136 Å². The van der Waals surface area contributed by atoms with E-state index in [2.05, 4.69) is 5.32 Å². The van der Waals surface area contributed by atoms with Gasteiger partial charge < -0.3 is 16.2 Å². The Morgan fingerprint density at radius 1 is 1.43 bits per heavy atom. The number of hydrogen-bond donors (Lipinski definition) is 3. The smallest absolute Gasteiger partial charge is 0.326 e. The van der Waals surface area contributed by atoms with Gasteiger partial charge in [0.25, 0.3) is 11.6 Å². The lowest BCUT2D eigenvalue weighted by Gasteiger charge is -2.16. The first kappa shape index (κ1) is 16.4. The van der Waals surface area contributed by atoms with E-state index in [1.807, 2.05) is 13.8 Å². The third-order valence-electron chi connectivity index (χ3n) is 2.80. The van der Waals surface area contributed by atoms with E-state index in [9.17, 15) is 19.7 Å². The van der Waals surface area contributed by atoms with Crippen LogP contribution < -0.4 is 11.1 Å². The molecule has 1 amide bonds. The van der Waals surface area contributed by atoms with Crippen molar-refractivity contribution in [2.45, 2.75) is 26.3 Å². The fraction of sp³-hybridized carbons (Fsp3) is 0.385. The molecule has 0 saturated heterocycles. The van der Waals surface area contributed by atoms with E-state index in [1.54, 1.807) is 0 Å². The van der Waals surface area contributed by atoms with Crippen LogP contribution in [0.1, 0.15) is 30.6 Å². The summed E-state index contributed by atoms with van der Waals surface area (Å²) in [4.78, 5) is 33.2. The van der Waals surface area contributed by atoms with Crippen LogP contribution in [0.2, 0.25) is 0 Å². The van der Waals surface area contributed by atoms with Crippen LogP contribution in [0, 0.1) is 16.0 Å². The van der Waals surface area contributed by atoms with Crippen LogP contribution >= 0.6 is 0 Å². The fourth-order valence-corrected chi connectivity index (χ4v) is 1.78. The zero-order valence-corrected chi connectivity index (χ0v) is 11.7. The second-order valence-corrected chi connectivity index (χ2v) is 5.02. The summed E-state index contributed by atoms with van der Waals surface area (Å²) in [6.45, 7) is 3.66. The van der Waals surface area contributed by atoms with Crippen LogP contribution in [0.4, 0.5) is 11.4 Å². The molecule has 0 bridgehead atoms. The lowest BCUT2D eigenvalue weighted by Crippen LogP contribution is -2.41. The summed E-state index contributed by atoms with van der Waals surface area (Å²) < 4.78 is 0. The Bertz CT molecular complexity index is 571. The van der Waals surface area contributed by atoms with Gasteiger partial charge in [-0.05, 0) is 24.5 Å². The van der Waals surface area contributed by atoms with Crippen molar-refractivity contribution in [2.75, 3.05) is 5.73 Å². The number of nitro groups is 1. The van der Waals surface area contributed by atoms with Gasteiger partial charge in [-0.15, -0.1) is 0 Å². The molecule has 0 aliphatic carbocycles. The second kappa shape index (κ2) is 6.69. The maximum absolute atomic E-state index is 12.0. The van der Waals surface area contributed by atoms with Gasteiger partial charge in [0.15, 0.2) is 0 Å². The Morgan fingerprint density at radius 2 is 2.05 bits per heavy atom. The molecule has 0 spiro atoms. The molecule has 0 aromatic heterocycles. The average molecular weight is 295 g/mol. The zero-order valence-electron chi connectivity index (χ0n) is 11.7. The number of nitrogens with one attached hydrogen (secondary N) is 1. The van der Waals surface area contributed by atoms with Gasteiger partial charge in [-0.3, -0.25) is 14.9 Å². The van der Waals surface area contributed by atoms with Gasteiger partial charge in [0, 0.05) is 11.6 Å². The summed E-state index contributed by atoms with van der Waals surface area (Å²) in [6, 6.07) is 2.53. The van der Waals surface area contributed by atoms with E-state index in [0.717, 1.165) is 6.07 Å². The Kier molecular flexibility index (Phi) is 5.23. The van der Waals surface area contributed by atoms with Crippen molar-refractivity contribution in [1.82, 2.24) is 5.32 Å². The number of carbonyl (C=O) groups is 2. The highest BCUT2D eigenvalue weighted by Crippen LogP contribution is 2.22. The van der Waals surface area contributed by atoms with Gasteiger partial charge in [0.1, 0.15) is 11.7 Å². The van der Waals surface area contributed by atoms with E-state index in [1.165, 1.54) is 12.1 Å². The highest BCUT2D eigenvalue weighted by Gasteiger charge is 2.23. The first-order chi connectivity index (χ1) is 9.72. The molecule has 0 radical (unpaired) electrons. The molecule has 0 heterocycles. The summed E-state index contributed by atoms with van der Waals surface area (Å²) in [5.74, 6) is -1.76. The van der Waals surface area contributed by atoms with E-state index in [0.29, 0.717) is 0 Å². The van der Waals surface area contributed by atoms with E-state index >= 15 is 0 Å². The number of aliphatic carboxylic acids is 1. The Balaban J connectivity index is 2.95. The van der Waals surface area contributed by atoms with Crippen molar-refractivity contribution in [2.24, 2.45) is 5.92 Å². The SMILES string of the molecule is CC(C)CC(NC(=O)c1ccc(N)c([N+](=O)[O-])c1)C(=O)O. The predicted molar refractivity (Wildman–Crippen MR) is 75.9 cm³/mol. The van der Waals surface area contributed by atoms with Gasteiger partial charge in [-0.2, -0.15) is 0 Å². The van der Waals surface area contributed by atoms with Crippen LogP contribution in [0.5, 0.6) is 0 Å². The number of carboxylic acids is 1. The van der Waals surface area contributed by atoms with Crippen LogP contribution in [0.15, 0.2) is 18.2 Å². The summed E-state index contributed by atoms with van der Waals surface area (Å²) in [5, 5.41) is 22.2. The number of carbonyl (C=O) groups excluding carboxylic acids is 1. The van der Waals surface area contributed by atoms with E-state index in [4.69, 9.17) is 10.8 Å². The molecule has 1 aromatic carbocycles. The third kappa shape index (κ3) is 4.44. The average Bonchev–Trinajstić information content (AvgIpc) is 2.37. The first-order valence-corrected chi connectivity index (χ1v) is 6.30. The molecule has 1 rings (SSSR count). The third-order valence-corrected chi connectivity index (χ3v) is 2.80. The molecule has 1 aromatic rings. The molecule has 114 valence electrons. The number of carboxylic acid groups (broad SMARTS) is 1.